The number of fused-ring (bicyclic) bond motifs is 1. The fourth-order valence-electron chi connectivity index (χ4n) is 3.25. The molecule has 1 aromatic heterocycles. The van der Waals surface area contributed by atoms with Gasteiger partial charge < -0.3 is 19.8 Å². The van der Waals surface area contributed by atoms with Crippen LogP contribution in [0.2, 0.25) is 0 Å². The van der Waals surface area contributed by atoms with E-state index in [1.807, 2.05) is 18.2 Å². The Balaban J connectivity index is 1.52. The smallest absolute Gasteiger partial charge is 0.298 e. The lowest BCUT2D eigenvalue weighted by Crippen LogP contribution is -2.44. The highest BCUT2D eigenvalue weighted by molar-refractivity contribution is 5.86. The monoisotopic (exact) mass is 288 g/mol. The van der Waals surface area contributed by atoms with E-state index in [0.29, 0.717) is 17.7 Å². The molecular weight excluding hydrogens is 268 g/mol. The fourth-order valence-corrected chi connectivity index (χ4v) is 3.25. The lowest BCUT2D eigenvalue weighted by molar-refractivity contribution is 0.0209. The Bertz CT molecular complexity index is 636. The van der Waals surface area contributed by atoms with Gasteiger partial charge in [-0.05, 0) is 18.6 Å². The number of nitrogen functional groups attached to an aromatic ring is 1. The van der Waals surface area contributed by atoms with Gasteiger partial charge in [0.05, 0.1) is 18.9 Å². The maximum absolute atomic E-state index is 5.95. The molecule has 0 amide bonds. The fraction of sp³-hybridized carbons (Fsp3) is 0.533. The van der Waals surface area contributed by atoms with Crippen molar-refractivity contribution in [2.24, 2.45) is 0 Å². The van der Waals surface area contributed by atoms with Crippen LogP contribution in [0.3, 0.4) is 0 Å². The van der Waals surface area contributed by atoms with Crippen molar-refractivity contribution in [1.29, 1.82) is 0 Å². The number of hydrogen-bond acceptors (Lipinski definition) is 6. The summed E-state index contributed by atoms with van der Waals surface area (Å²) in [5.41, 5.74) is 8.15. The zero-order valence-corrected chi connectivity index (χ0v) is 12.0. The van der Waals surface area contributed by atoms with Crippen molar-refractivity contribution < 1.29 is 9.15 Å². The SMILES string of the molecule is Nc1cccc2oc(N3CCC(N4CCOCC4)C3)nc12. The maximum atomic E-state index is 5.95. The summed E-state index contributed by atoms with van der Waals surface area (Å²) in [7, 11) is 0. The predicted molar refractivity (Wildman–Crippen MR) is 81.4 cm³/mol. The molecule has 3 heterocycles. The van der Waals surface area contributed by atoms with Gasteiger partial charge in [0.2, 0.25) is 0 Å². The van der Waals surface area contributed by atoms with E-state index in [0.717, 1.165) is 56.9 Å². The zero-order chi connectivity index (χ0) is 14.2. The molecule has 2 aliphatic heterocycles. The summed E-state index contributed by atoms with van der Waals surface area (Å²) in [4.78, 5) is 9.30. The number of nitrogens with zero attached hydrogens (tertiary/aromatic N) is 3. The van der Waals surface area contributed by atoms with Gasteiger partial charge in [-0.25, -0.2) is 0 Å². The van der Waals surface area contributed by atoms with Crippen LogP contribution < -0.4 is 10.6 Å². The predicted octanol–water partition coefficient (Wildman–Crippen LogP) is 1.32. The Morgan fingerprint density at radius 2 is 2.05 bits per heavy atom. The summed E-state index contributed by atoms with van der Waals surface area (Å²) in [6.07, 6.45) is 1.15. The van der Waals surface area contributed by atoms with E-state index in [2.05, 4.69) is 14.8 Å². The Kier molecular flexibility index (Phi) is 3.20. The first-order chi connectivity index (χ1) is 10.3. The van der Waals surface area contributed by atoms with Crippen molar-refractivity contribution >= 4 is 22.8 Å². The molecule has 21 heavy (non-hydrogen) atoms. The molecule has 112 valence electrons. The highest BCUT2D eigenvalue weighted by Crippen LogP contribution is 2.29. The normalized spacial score (nSPS) is 24.0. The van der Waals surface area contributed by atoms with E-state index in [9.17, 15) is 0 Å². The minimum atomic E-state index is 0.571. The second kappa shape index (κ2) is 5.20. The molecule has 2 N–H and O–H groups in total. The first-order valence-corrected chi connectivity index (χ1v) is 7.53. The summed E-state index contributed by atoms with van der Waals surface area (Å²) in [5, 5.41) is 0. The number of hydrogen-bond donors (Lipinski definition) is 1. The number of nitrogens with two attached hydrogens (primary N) is 1. The Labute approximate surface area is 123 Å². The van der Waals surface area contributed by atoms with Gasteiger partial charge in [0.1, 0.15) is 5.52 Å². The number of oxazole rings is 1. The van der Waals surface area contributed by atoms with Crippen LogP contribution in [0.4, 0.5) is 11.7 Å². The van der Waals surface area contributed by atoms with Gasteiger partial charge in [-0.15, -0.1) is 0 Å². The number of ether oxygens (including phenoxy) is 1. The molecule has 0 saturated carbocycles. The highest BCUT2D eigenvalue weighted by atomic mass is 16.5. The van der Waals surface area contributed by atoms with Crippen LogP contribution in [0.25, 0.3) is 11.1 Å². The first kappa shape index (κ1) is 12.9. The van der Waals surface area contributed by atoms with E-state index in [1.165, 1.54) is 0 Å². The quantitative estimate of drug-likeness (QED) is 0.841. The Morgan fingerprint density at radius 1 is 1.19 bits per heavy atom. The first-order valence-electron chi connectivity index (χ1n) is 7.53. The minimum Gasteiger partial charge on any atom is -0.423 e. The third-order valence-corrected chi connectivity index (χ3v) is 4.43. The van der Waals surface area contributed by atoms with E-state index in [-0.39, 0.29) is 0 Å². The molecule has 2 aliphatic rings. The maximum Gasteiger partial charge on any atom is 0.298 e. The summed E-state index contributed by atoms with van der Waals surface area (Å²) in [6.45, 7) is 5.69. The van der Waals surface area contributed by atoms with Crippen molar-refractivity contribution in [3.8, 4) is 0 Å². The minimum absolute atomic E-state index is 0.571. The van der Waals surface area contributed by atoms with Crippen LogP contribution in [0, 0.1) is 0 Å². The van der Waals surface area contributed by atoms with Crippen molar-refractivity contribution in [1.82, 2.24) is 9.88 Å². The van der Waals surface area contributed by atoms with Crippen molar-refractivity contribution in [2.45, 2.75) is 12.5 Å². The Morgan fingerprint density at radius 3 is 2.86 bits per heavy atom. The van der Waals surface area contributed by atoms with E-state index in [1.54, 1.807) is 0 Å². The second-order valence-corrected chi connectivity index (χ2v) is 5.73. The number of anilines is 2. The van der Waals surface area contributed by atoms with Crippen molar-refractivity contribution in [3.63, 3.8) is 0 Å². The van der Waals surface area contributed by atoms with Crippen LogP contribution >= 0.6 is 0 Å². The van der Waals surface area contributed by atoms with Crippen LogP contribution in [-0.4, -0.2) is 55.3 Å². The molecule has 0 radical (unpaired) electrons. The zero-order valence-electron chi connectivity index (χ0n) is 12.0. The second-order valence-electron chi connectivity index (χ2n) is 5.73. The number of aromatic nitrogens is 1. The van der Waals surface area contributed by atoms with Gasteiger partial charge in [0.25, 0.3) is 6.01 Å². The molecule has 1 unspecified atom stereocenters. The summed E-state index contributed by atoms with van der Waals surface area (Å²) < 4.78 is 11.3. The van der Waals surface area contributed by atoms with Gasteiger partial charge >= 0.3 is 0 Å². The third kappa shape index (κ3) is 2.34. The molecule has 0 bridgehead atoms. The molecule has 0 aliphatic carbocycles. The molecule has 6 nitrogen and oxygen atoms in total. The molecule has 1 aromatic carbocycles. The summed E-state index contributed by atoms with van der Waals surface area (Å²) >= 11 is 0. The number of morpholine rings is 1. The van der Waals surface area contributed by atoms with Gasteiger partial charge in [-0.2, -0.15) is 4.98 Å². The molecule has 2 fully saturated rings. The average molecular weight is 288 g/mol. The van der Waals surface area contributed by atoms with Crippen molar-refractivity contribution in [3.05, 3.63) is 18.2 Å². The number of benzene rings is 1. The van der Waals surface area contributed by atoms with Crippen LogP contribution in [-0.2, 0) is 4.74 Å². The molecular formula is C15H20N4O2. The number of para-hydroxylation sites is 1. The lowest BCUT2D eigenvalue weighted by atomic mass is 10.2. The van der Waals surface area contributed by atoms with Crippen LogP contribution in [0.15, 0.2) is 22.6 Å². The molecule has 1 atom stereocenters. The van der Waals surface area contributed by atoms with E-state index >= 15 is 0 Å². The van der Waals surface area contributed by atoms with Crippen LogP contribution in [0.5, 0.6) is 0 Å². The molecule has 0 spiro atoms. The summed E-state index contributed by atoms with van der Waals surface area (Å²) in [6, 6.07) is 6.93. The molecule has 2 aromatic rings. The van der Waals surface area contributed by atoms with Crippen LogP contribution in [0.1, 0.15) is 6.42 Å². The molecule has 4 rings (SSSR count). The summed E-state index contributed by atoms with van der Waals surface area (Å²) in [5.74, 6) is 0. The van der Waals surface area contributed by atoms with Gasteiger partial charge in [-0.1, -0.05) is 6.07 Å². The highest BCUT2D eigenvalue weighted by Gasteiger charge is 2.31. The van der Waals surface area contributed by atoms with Crippen molar-refractivity contribution in [2.75, 3.05) is 50.0 Å². The Hall–Kier alpha value is -1.79. The number of rotatable bonds is 2. The topological polar surface area (TPSA) is 67.8 Å². The van der Waals surface area contributed by atoms with E-state index in [4.69, 9.17) is 14.9 Å². The lowest BCUT2D eigenvalue weighted by Gasteiger charge is -2.31. The standard InChI is InChI=1S/C15H20N4O2/c16-12-2-1-3-13-14(12)17-15(21-13)19-5-4-11(10-19)18-6-8-20-9-7-18/h1-3,11H,4-10,16H2. The third-order valence-electron chi connectivity index (χ3n) is 4.43. The molecule has 6 heteroatoms. The average Bonchev–Trinajstić information content (AvgIpc) is 3.15. The largest absolute Gasteiger partial charge is 0.423 e. The molecule has 2 saturated heterocycles. The van der Waals surface area contributed by atoms with Gasteiger partial charge in [0.15, 0.2) is 5.58 Å². The van der Waals surface area contributed by atoms with Gasteiger partial charge in [-0.3, -0.25) is 4.90 Å². The van der Waals surface area contributed by atoms with E-state index < -0.39 is 0 Å². The van der Waals surface area contributed by atoms with Gasteiger partial charge in [0, 0.05) is 32.2 Å².